The topological polar surface area (TPSA) is 46.0 Å². The molecular formula is C32H22N2OS2. The van der Waals surface area contributed by atoms with Gasteiger partial charge >= 0.3 is 0 Å². The molecular weight excluding hydrogens is 492 g/mol. The van der Waals surface area contributed by atoms with E-state index in [0.29, 0.717) is 5.75 Å². The van der Waals surface area contributed by atoms with E-state index < -0.39 is 0 Å². The molecule has 0 spiro atoms. The fourth-order valence-corrected chi connectivity index (χ4v) is 7.79. The molecule has 178 valence electrons. The van der Waals surface area contributed by atoms with Crippen molar-refractivity contribution in [3.05, 3.63) is 102 Å². The molecule has 7 aromatic rings. The lowest BCUT2D eigenvalue weighted by Gasteiger charge is -2.12. The summed E-state index contributed by atoms with van der Waals surface area (Å²) in [4.78, 5) is 11.0. The zero-order chi connectivity index (χ0) is 25.1. The minimum atomic E-state index is 0.306. The Morgan fingerprint density at radius 1 is 0.730 bits per heavy atom. The number of aryl methyl sites for hydroxylation is 2. The van der Waals surface area contributed by atoms with E-state index in [1.54, 1.807) is 22.7 Å². The normalized spacial score (nSPS) is 11.6. The van der Waals surface area contributed by atoms with E-state index in [4.69, 9.17) is 4.98 Å². The lowest BCUT2D eigenvalue weighted by molar-refractivity contribution is 0.484. The molecule has 0 amide bonds. The maximum atomic E-state index is 11.6. The Morgan fingerprint density at radius 3 is 2.38 bits per heavy atom. The van der Waals surface area contributed by atoms with Crippen LogP contribution in [-0.4, -0.2) is 15.1 Å². The molecule has 0 fully saturated rings. The Bertz CT molecular complexity index is 1970. The molecule has 0 aliphatic carbocycles. The van der Waals surface area contributed by atoms with Crippen LogP contribution < -0.4 is 0 Å². The number of rotatable bonds is 3. The first-order valence-corrected chi connectivity index (χ1v) is 13.8. The number of phenols is 1. The minimum Gasteiger partial charge on any atom is -0.506 e. The number of fused-ring (bicyclic) bond motifs is 4. The largest absolute Gasteiger partial charge is 0.506 e. The van der Waals surface area contributed by atoms with Crippen molar-refractivity contribution < 1.29 is 5.11 Å². The van der Waals surface area contributed by atoms with Crippen LogP contribution >= 0.6 is 22.7 Å². The van der Waals surface area contributed by atoms with Crippen molar-refractivity contribution in [3.63, 3.8) is 0 Å². The maximum Gasteiger partial charge on any atom is 0.142 e. The standard InChI is InChI=1S/C32H22N2OS2/c1-18-19(2)36-32-28(18)24-13-14-25(30(35)31(24)37-32)29-23-11-4-3-8-20(23)17-27(34-29)22-10-7-9-21(16-22)26-12-5-6-15-33-26/h3-17,35H,1-2H3. The van der Waals surface area contributed by atoms with Crippen LogP contribution in [0.15, 0.2) is 91.1 Å². The molecule has 3 aromatic carbocycles. The van der Waals surface area contributed by atoms with Gasteiger partial charge < -0.3 is 5.11 Å². The van der Waals surface area contributed by atoms with Gasteiger partial charge in [-0.3, -0.25) is 4.98 Å². The van der Waals surface area contributed by atoms with Gasteiger partial charge in [-0.15, -0.1) is 22.7 Å². The summed E-state index contributed by atoms with van der Waals surface area (Å²) in [5, 5.41) is 16.1. The highest BCUT2D eigenvalue weighted by Crippen LogP contribution is 2.48. The molecule has 7 rings (SSSR count). The van der Waals surface area contributed by atoms with E-state index in [2.05, 4.69) is 61.3 Å². The average Bonchev–Trinajstić information content (AvgIpc) is 3.44. The Morgan fingerprint density at radius 2 is 1.54 bits per heavy atom. The lowest BCUT2D eigenvalue weighted by Crippen LogP contribution is -1.92. The zero-order valence-electron chi connectivity index (χ0n) is 20.3. The number of thiophene rings is 2. The number of phenolic OH excluding ortho intramolecular Hbond substituents is 1. The summed E-state index contributed by atoms with van der Waals surface area (Å²) in [5.41, 5.74) is 6.70. The Balaban J connectivity index is 1.45. The molecule has 0 saturated carbocycles. The lowest BCUT2D eigenvalue weighted by atomic mass is 9.98. The van der Waals surface area contributed by atoms with Gasteiger partial charge in [0, 0.05) is 43.9 Å². The molecule has 1 N–H and O–H groups in total. The van der Waals surface area contributed by atoms with Crippen molar-refractivity contribution in [1.29, 1.82) is 0 Å². The average molecular weight is 515 g/mol. The number of nitrogens with zero attached hydrogens (tertiary/aromatic N) is 2. The fourth-order valence-electron chi connectivity index (χ4n) is 5.06. The second-order valence-electron chi connectivity index (χ2n) is 9.26. The van der Waals surface area contributed by atoms with Crippen molar-refractivity contribution >= 4 is 52.9 Å². The van der Waals surface area contributed by atoms with Crippen LogP contribution in [0.4, 0.5) is 0 Å². The molecule has 0 aliphatic heterocycles. The van der Waals surface area contributed by atoms with Gasteiger partial charge in [0.15, 0.2) is 0 Å². The Labute approximate surface area is 222 Å². The van der Waals surface area contributed by atoms with E-state index >= 15 is 0 Å². The number of hydrogen-bond donors (Lipinski definition) is 1. The summed E-state index contributed by atoms with van der Waals surface area (Å²) in [6.07, 6.45) is 1.81. The van der Waals surface area contributed by atoms with Crippen LogP contribution in [0.25, 0.3) is 64.0 Å². The highest BCUT2D eigenvalue weighted by molar-refractivity contribution is 7.42. The predicted molar refractivity (Wildman–Crippen MR) is 158 cm³/mol. The zero-order valence-corrected chi connectivity index (χ0v) is 22.0. The third-order valence-electron chi connectivity index (χ3n) is 7.06. The molecule has 0 radical (unpaired) electrons. The second kappa shape index (κ2) is 8.51. The molecule has 0 atom stereocenters. The summed E-state index contributed by atoms with van der Waals surface area (Å²) in [6, 6.07) is 28.8. The molecule has 0 saturated heterocycles. The molecule has 5 heteroatoms. The number of benzene rings is 3. The maximum absolute atomic E-state index is 11.6. The van der Waals surface area contributed by atoms with Crippen LogP contribution in [0.1, 0.15) is 10.4 Å². The van der Waals surface area contributed by atoms with Crippen LogP contribution in [-0.2, 0) is 0 Å². The third-order valence-corrected chi connectivity index (χ3v) is 9.57. The molecule has 0 unspecified atom stereocenters. The fraction of sp³-hybridized carbons (Fsp3) is 0.0625. The molecule has 4 aromatic heterocycles. The summed E-state index contributed by atoms with van der Waals surface area (Å²) in [5.74, 6) is 0.306. The van der Waals surface area contributed by atoms with Gasteiger partial charge in [-0.05, 0) is 55.1 Å². The highest BCUT2D eigenvalue weighted by Gasteiger charge is 2.20. The molecule has 37 heavy (non-hydrogen) atoms. The smallest absolute Gasteiger partial charge is 0.142 e. The SMILES string of the molecule is Cc1sc2sc3c(O)c(-c4nc(-c5cccc(-c6ccccn6)c5)cc5ccccc45)ccc3c2c1C. The molecule has 4 heterocycles. The number of aromatic nitrogens is 2. The monoisotopic (exact) mass is 514 g/mol. The summed E-state index contributed by atoms with van der Waals surface area (Å²) in [7, 11) is 0. The highest BCUT2D eigenvalue weighted by atomic mass is 32.2. The van der Waals surface area contributed by atoms with Crippen molar-refractivity contribution in [2.45, 2.75) is 13.8 Å². The predicted octanol–water partition coefficient (Wildman–Crippen LogP) is 9.38. The van der Waals surface area contributed by atoms with Gasteiger partial charge in [-0.1, -0.05) is 54.6 Å². The van der Waals surface area contributed by atoms with E-state index in [1.165, 1.54) is 19.8 Å². The van der Waals surface area contributed by atoms with E-state index in [9.17, 15) is 5.11 Å². The van der Waals surface area contributed by atoms with Crippen LogP contribution in [0.3, 0.4) is 0 Å². The number of aromatic hydroxyl groups is 1. The summed E-state index contributed by atoms with van der Waals surface area (Å²) >= 11 is 3.47. The van der Waals surface area contributed by atoms with E-state index in [1.807, 2.05) is 48.7 Å². The van der Waals surface area contributed by atoms with Crippen LogP contribution in [0.2, 0.25) is 0 Å². The first kappa shape index (κ1) is 22.2. The number of pyridine rings is 2. The first-order chi connectivity index (χ1) is 18.1. The number of hydrogen-bond acceptors (Lipinski definition) is 5. The van der Waals surface area contributed by atoms with Gasteiger partial charge in [0.2, 0.25) is 0 Å². The molecule has 0 aliphatic rings. The first-order valence-electron chi connectivity index (χ1n) is 12.1. The van der Waals surface area contributed by atoms with E-state index in [-0.39, 0.29) is 0 Å². The van der Waals surface area contributed by atoms with Gasteiger partial charge in [-0.2, -0.15) is 0 Å². The summed E-state index contributed by atoms with van der Waals surface area (Å²) < 4.78 is 2.19. The molecule has 0 bridgehead atoms. The van der Waals surface area contributed by atoms with Gasteiger partial charge in [0.1, 0.15) is 5.75 Å². The Kier molecular flexibility index (Phi) is 5.10. The minimum absolute atomic E-state index is 0.306. The second-order valence-corrected chi connectivity index (χ2v) is 11.8. The van der Waals surface area contributed by atoms with Crippen molar-refractivity contribution in [2.24, 2.45) is 0 Å². The van der Waals surface area contributed by atoms with Crippen molar-refractivity contribution in [3.8, 4) is 39.5 Å². The quantitative estimate of drug-likeness (QED) is 0.255. The van der Waals surface area contributed by atoms with Gasteiger partial charge in [0.05, 0.1) is 25.8 Å². The van der Waals surface area contributed by atoms with Crippen molar-refractivity contribution in [1.82, 2.24) is 9.97 Å². The third kappa shape index (κ3) is 3.54. The van der Waals surface area contributed by atoms with Gasteiger partial charge in [0.25, 0.3) is 0 Å². The van der Waals surface area contributed by atoms with E-state index in [0.717, 1.165) is 54.6 Å². The molecule has 3 nitrogen and oxygen atoms in total. The summed E-state index contributed by atoms with van der Waals surface area (Å²) in [6.45, 7) is 4.33. The Hall–Kier alpha value is -4.06. The van der Waals surface area contributed by atoms with Gasteiger partial charge in [-0.25, -0.2) is 4.98 Å². The van der Waals surface area contributed by atoms with Crippen LogP contribution in [0, 0.1) is 13.8 Å². The van der Waals surface area contributed by atoms with Crippen molar-refractivity contribution in [2.75, 3.05) is 0 Å². The van der Waals surface area contributed by atoms with Crippen LogP contribution in [0.5, 0.6) is 5.75 Å².